The molecule has 6 heteroatoms. The van der Waals surface area contributed by atoms with Crippen LogP contribution in [0.15, 0.2) is 58.5 Å². The first-order valence-corrected chi connectivity index (χ1v) is 8.79. The smallest absolute Gasteiger partial charge is 0.224 e. The summed E-state index contributed by atoms with van der Waals surface area (Å²) in [5, 5.41) is 1.42. The van der Waals surface area contributed by atoms with Crippen molar-refractivity contribution >= 4 is 35.0 Å². The second kappa shape index (κ2) is 6.70. The highest BCUT2D eigenvalue weighted by molar-refractivity contribution is 6.31. The first-order chi connectivity index (χ1) is 12.1. The average molecular weight is 375 g/mol. The summed E-state index contributed by atoms with van der Waals surface area (Å²) in [7, 11) is 0. The normalized spacial score (nSPS) is 17.8. The molecule has 2 aromatic carbocycles. The van der Waals surface area contributed by atoms with Crippen LogP contribution in [0.1, 0.15) is 11.1 Å². The second-order valence-corrected chi connectivity index (χ2v) is 6.92. The zero-order valence-electron chi connectivity index (χ0n) is 13.4. The van der Waals surface area contributed by atoms with Gasteiger partial charge in [0, 0.05) is 10.0 Å². The third kappa shape index (κ3) is 3.51. The molecule has 0 aliphatic carbocycles. The molecule has 25 heavy (non-hydrogen) atoms. The maximum Gasteiger partial charge on any atom is 0.224 e. The zero-order valence-corrected chi connectivity index (χ0v) is 14.9. The number of hydrogen-bond acceptors (Lipinski definition) is 4. The maximum atomic E-state index is 6.21. The Hall–Kier alpha value is -2.04. The highest BCUT2D eigenvalue weighted by Crippen LogP contribution is 2.29. The Bertz CT molecular complexity index is 793. The van der Waals surface area contributed by atoms with Crippen LogP contribution in [0.5, 0.6) is 0 Å². The van der Waals surface area contributed by atoms with Gasteiger partial charge < -0.3 is 9.47 Å². The summed E-state index contributed by atoms with van der Waals surface area (Å²) < 4.78 is 11.5. The van der Waals surface area contributed by atoms with E-state index in [4.69, 9.17) is 32.7 Å². The third-order valence-corrected chi connectivity index (χ3v) is 4.94. The monoisotopic (exact) mass is 374 g/mol. The minimum Gasteiger partial charge on any atom is -0.476 e. The van der Waals surface area contributed by atoms with E-state index in [1.165, 1.54) is 0 Å². The van der Waals surface area contributed by atoms with E-state index in [9.17, 15) is 0 Å². The second-order valence-electron chi connectivity index (χ2n) is 6.11. The molecule has 0 N–H and O–H groups in total. The molecule has 0 bridgehead atoms. The first kappa shape index (κ1) is 16.4. The van der Waals surface area contributed by atoms with Gasteiger partial charge in [0.1, 0.15) is 13.2 Å². The molecule has 1 spiro atoms. The Morgan fingerprint density at radius 1 is 0.760 bits per heavy atom. The van der Waals surface area contributed by atoms with Gasteiger partial charge >= 0.3 is 0 Å². The quantitative estimate of drug-likeness (QED) is 0.798. The fourth-order valence-corrected chi connectivity index (χ4v) is 3.32. The van der Waals surface area contributed by atoms with E-state index in [1.807, 2.05) is 48.5 Å². The van der Waals surface area contributed by atoms with Crippen LogP contribution in [0.4, 0.5) is 0 Å². The van der Waals surface area contributed by atoms with Crippen molar-refractivity contribution < 1.29 is 9.47 Å². The van der Waals surface area contributed by atoms with Crippen LogP contribution in [0.3, 0.4) is 0 Å². The average Bonchev–Trinajstić information content (AvgIpc) is 3.19. The van der Waals surface area contributed by atoms with Crippen molar-refractivity contribution in [3.8, 4) is 0 Å². The molecule has 4 nitrogen and oxygen atoms in total. The Labute approximate surface area is 156 Å². The van der Waals surface area contributed by atoms with Crippen LogP contribution in [0.25, 0.3) is 0 Å². The molecule has 0 unspecified atom stereocenters. The van der Waals surface area contributed by atoms with Crippen molar-refractivity contribution in [1.82, 2.24) is 0 Å². The number of nitrogens with zero attached hydrogens (tertiary/aromatic N) is 2. The van der Waals surface area contributed by atoms with Crippen LogP contribution in [0, 0.1) is 0 Å². The molecular weight excluding hydrogens is 359 g/mol. The molecule has 0 atom stereocenters. The molecule has 0 radical (unpaired) electrons. The van der Waals surface area contributed by atoms with Crippen LogP contribution in [-0.4, -0.2) is 30.7 Å². The number of ether oxygens (including phenoxy) is 2. The highest BCUT2D eigenvalue weighted by atomic mass is 35.5. The van der Waals surface area contributed by atoms with Gasteiger partial charge in [-0.25, -0.2) is 9.98 Å². The number of rotatable bonds is 4. The van der Waals surface area contributed by atoms with Crippen LogP contribution in [-0.2, 0) is 22.3 Å². The Kier molecular flexibility index (Phi) is 4.40. The van der Waals surface area contributed by atoms with E-state index in [-0.39, 0.29) is 0 Å². The van der Waals surface area contributed by atoms with Crippen LogP contribution >= 0.6 is 23.2 Å². The van der Waals surface area contributed by atoms with Gasteiger partial charge in [-0.15, -0.1) is 0 Å². The summed E-state index contributed by atoms with van der Waals surface area (Å²) in [6.45, 7) is 0.775. The molecule has 2 heterocycles. The third-order valence-electron chi connectivity index (χ3n) is 4.20. The molecule has 0 fully saturated rings. The van der Waals surface area contributed by atoms with Crippen LogP contribution < -0.4 is 0 Å². The number of hydrogen-bond donors (Lipinski definition) is 0. The summed E-state index contributed by atoms with van der Waals surface area (Å²) in [5.74, 6) is 1.28. The number of aliphatic imine (C=N–C) groups is 2. The van der Waals surface area contributed by atoms with Gasteiger partial charge in [0.05, 0.1) is 12.8 Å². The SMILES string of the molecule is Clc1ccccc1CC1=NC2(CO1)COC(Cc1ccccc1Cl)=N2. The summed E-state index contributed by atoms with van der Waals surface area (Å²) in [4.78, 5) is 9.32. The predicted molar refractivity (Wildman–Crippen MR) is 99.8 cm³/mol. The van der Waals surface area contributed by atoms with Crippen molar-refractivity contribution in [3.05, 3.63) is 69.7 Å². The molecule has 4 rings (SSSR count). The standard InChI is InChI=1S/C19H16Cl2N2O2/c20-15-7-3-1-5-13(15)9-17-22-19(11-24-17)12-25-18(23-19)10-14-6-2-4-8-16(14)21/h1-8H,9-12H2. The van der Waals surface area contributed by atoms with Crippen molar-refractivity contribution in [1.29, 1.82) is 0 Å². The molecular formula is C19H16Cl2N2O2. The topological polar surface area (TPSA) is 43.2 Å². The Morgan fingerprint density at radius 2 is 1.20 bits per heavy atom. The van der Waals surface area contributed by atoms with E-state index >= 15 is 0 Å². The minimum absolute atomic E-state index is 0.388. The van der Waals surface area contributed by atoms with E-state index in [0.29, 0.717) is 47.9 Å². The van der Waals surface area contributed by atoms with Gasteiger partial charge in [0.25, 0.3) is 0 Å². The lowest BCUT2D eigenvalue weighted by molar-refractivity contribution is 0.202. The summed E-state index contributed by atoms with van der Waals surface area (Å²) in [6, 6.07) is 15.4. The summed E-state index contributed by atoms with van der Waals surface area (Å²) >= 11 is 12.4. The molecule has 0 saturated carbocycles. The van der Waals surface area contributed by atoms with Crippen molar-refractivity contribution in [2.24, 2.45) is 9.98 Å². The fraction of sp³-hybridized carbons (Fsp3) is 0.263. The predicted octanol–water partition coefficient (Wildman–Crippen LogP) is 4.33. The lowest BCUT2D eigenvalue weighted by Gasteiger charge is -2.09. The zero-order chi connectivity index (χ0) is 17.3. The lowest BCUT2D eigenvalue weighted by atomic mass is 10.1. The number of halogens is 2. The molecule has 2 aliphatic heterocycles. The summed E-state index contributed by atoms with van der Waals surface area (Å²) in [5.41, 5.74) is 1.30. The van der Waals surface area contributed by atoms with Gasteiger partial charge in [-0.3, -0.25) is 0 Å². The van der Waals surface area contributed by atoms with Crippen molar-refractivity contribution in [2.45, 2.75) is 18.5 Å². The number of benzene rings is 2. The van der Waals surface area contributed by atoms with Gasteiger partial charge in [-0.2, -0.15) is 0 Å². The Morgan fingerprint density at radius 3 is 1.64 bits per heavy atom. The van der Waals surface area contributed by atoms with E-state index in [1.54, 1.807) is 0 Å². The lowest BCUT2D eigenvalue weighted by Crippen LogP contribution is -2.26. The van der Waals surface area contributed by atoms with E-state index in [0.717, 1.165) is 11.1 Å². The largest absolute Gasteiger partial charge is 0.476 e. The molecule has 128 valence electrons. The first-order valence-electron chi connectivity index (χ1n) is 8.03. The fourth-order valence-electron chi connectivity index (χ4n) is 2.91. The van der Waals surface area contributed by atoms with Gasteiger partial charge in [0.15, 0.2) is 11.8 Å². The Balaban J connectivity index is 1.50. The van der Waals surface area contributed by atoms with Gasteiger partial charge in [-0.1, -0.05) is 59.6 Å². The molecule has 2 aliphatic rings. The maximum absolute atomic E-state index is 6.21. The summed E-state index contributed by atoms with van der Waals surface area (Å²) in [6.07, 6.45) is 1.10. The van der Waals surface area contributed by atoms with Gasteiger partial charge in [0.2, 0.25) is 5.66 Å². The molecule has 0 saturated heterocycles. The van der Waals surface area contributed by atoms with Crippen molar-refractivity contribution in [3.63, 3.8) is 0 Å². The minimum atomic E-state index is -0.673. The van der Waals surface area contributed by atoms with Gasteiger partial charge in [-0.05, 0) is 23.3 Å². The molecule has 2 aromatic rings. The van der Waals surface area contributed by atoms with Crippen LogP contribution in [0.2, 0.25) is 10.0 Å². The van der Waals surface area contributed by atoms with E-state index in [2.05, 4.69) is 9.98 Å². The molecule has 0 aromatic heterocycles. The molecule has 0 amide bonds. The van der Waals surface area contributed by atoms with Crippen molar-refractivity contribution in [2.75, 3.05) is 13.2 Å². The highest BCUT2D eigenvalue weighted by Gasteiger charge is 2.42. The van der Waals surface area contributed by atoms with E-state index < -0.39 is 5.66 Å².